The van der Waals surface area contributed by atoms with Crippen LogP contribution in [0.5, 0.6) is 11.5 Å². The average Bonchev–Trinajstić information content (AvgIpc) is 2.60. The molecule has 4 heteroatoms. The third-order valence-electron chi connectivity index (χ3n) is 2.69. The maximum Gasteiger partial charge on any atom is 0.161 e. The molecule has 0 amide bonds. The van der Waals surface area contributed by atoms with E-state index in [2.05, 4.69) is 0 Å². The lowest BCUT2D eigenvalue weighted by molar-refractivity contribution is 0.168. The Morgan fingerprint density at radius 1 is 1.29 bits per heavy atom. The summed E-state index contributed by atoms with van der Waals surface area (Å²) in [4.78, 5) is 0. The van der Waals surface area contributed by atoms with Gasteiger partial charge in [0, 0.05) is 12.8 Å². The molecule has 0 radical (unpaired) electrons. The van der Waals surface area contributed by atoms with Crippen LogP contribution in [0.4, 0.5) is 0 Å². The highest BCUT2D eigenvalue weighted by Crippen LogP contribution is 2.33. The molecule has 0 saturated heterocycles. The van der Waals surface area contributed by atoms with Crippen molar-refractivity contribution in [1.29, 1.82) is 5.26 Å². The average molecular weight is 233 g/mol. The van der Waals surface area contributed by atoms with E-state index in [4.69, 9.17) is 14.7 Å². The third-order valence-corrected chi connectivity index (χ3v) is 2.69. The van der Waals surface area contributed by atoms with Gasteiger partial charge in [-0.2, -0.15) is 5.26 Å². The zero-order valence-electron chi connectivity index (χ0n) is 9.56. The largest absolute Gasteiger partial charge is 0.490 e. The Balaban J connectivity index is 2.15. The van der Waals surface area contributed by atoms with Gasteiger partial charge in [-0.25, -0.2) is 0 Å². The van der Waals surface area contributed by atoms with Gasteiger partial charge in [0.25, 0.3) is 0 Å². The van der Waals surface area contributed by atoms with Crippen LogP contribution in [0.15, 0.2) is 18.2 Å². The van der Waals surface area contributed by atoms with Crippen molar-refractivity contribution in [3.05, 3.63) is 23.8 Å². The quantitative estimate of drug-likeness (QED) is 0.869. The van der Waals surface area contributed by atoms with Crippen LogP contribution in [0, 0.1) is 11.3 Å². The topological polar surface area (TPSA) is 62.5 Å². The molecule has 0 aliphatic carbocycles. The summed E-state index contributed by atoms with van der Waals surface area (Å²) in [6.45, 7) is 1.29. The second-order valence-corrected chi connectivity index (χ2v) is 3.97. The van der Waals surface area contributed by atoms with Crippen molar-refractivity contribution in [3.8, 4) is 17.6 Å². The van der Waals surface area contributed by atoms with Crippen molar-refractivity contribution in [3.63, 3.8) is 0 Å². The van der Waals surface area contributed by atoms with E-state index in [0.29, 0.717) is 31.8 Å². The molecule has 0 spiro atoms. The number of benzene rings is 1. The van der Waals surface area contributed by atoms with Crippen LogP contribution < -0.4 is 9.47 Å². The zero-order valence-corrected chi connectivity index (χ0v) is 9.56. The van der Waals surface area contributed by atoms with Gasteiger partial charge in [0.1, 0.15) is 0 Å². The Kier molecular flexibility index (Phi) is 3.84. The Labute approximate surface area is 100 Å². The van der Waals surface area contributed by atoms with Crippen molar-refractivity contribution in [2.75, 3.05) is 13.2 Å². The van der Waals surface area contributed by atoms with E-state index in [0.717, 1.165) is 17.7 Å². The maximum absolute atomic E-state index is 9.88. The van der Waals surface area contributed by atoms with Gasteiger partial charge in [-0.3, -0.25) is 0 Å². The van der Waals surface area contributed by atoms with Crippen molar-refractivity contribution in [2.24, 2.45) is 0 Å². The van der Waals surface area contributed by atoms with E-state index >= 15 is 0 Å². The molecule has 90 valence electrons. The van der Waals surface area contributed by atoms with E-state index in [1.54, 1.807) is 6.07 Å². The molecule has 1 heterocycles. The van der Waals surface area contributed by atoms with Crippen LogP contribution in [-0.2, 0) is 0 Å². The number of rotatable bonds is 3. The lowest BCUT2D eigenvalue weighted by atomic mass is 10.0. The normalized spacial score (nSPS) is 15.8. The number of fused-ring (bicyclic) bond motifs is 1. The van der Waals surface area contributed by atoms with E-state index in [1.165, 1.54) is 0 Å². The Bertz CT molecular complexity index is 425. The van der Waals surface area contributed by atoms with Crippen LogP contribution in [0.3, 0.4) is 0 Å². The first kappa shape index (κ1) is 11.7. The summed E-state index contributed by atoms with van der Waals surface area (Å²) in [6, 6.07) is 7.45. The molecule has 1 aromatic rings. The maximum atomic E-state index is 9.88. The molecule has 1 aromatic carbocycles. The van der Waals surface area contributed by atoms with Crippen LogP contribution >= 0.6 is 0 Å². The van der Waals surface area contributed by atoms with Gasteiger partial charge in [-0.05, 0) is 24.1 Å². The number of hydrogen-bond acceptors (Lipinski definition) is 4. The molecular weight excluding hydrogens is 218 g/mol. The fourth-order valence-corrected chi connectivity index (χ4v) is 1.76. The van der Waals surface area contributed by atoms with Crippen LogP contribution in [0.2, 0.25) is 0 Å². The summed E-state index contributed by atoms with van der Waals surface area (Å²) < 4.78 is 11.0. The first-order valence-corrected chi connectivity index (χ1v) is 5.76. The minimum atomic E-state index is -0.619. The number of ether oxygens (including phenoxy) is 2. The Hall–Kier alpha value is -1.73. The minimum Gasteiger partial charge on any atom is -0.490 e. The summed E-state index contributed by atoms with van der Waals surface area (Å²) in [5, 5.41) is 18.4. The predicted octanol–water partition coefficient (Wildman–Crippen LogP) is 2.19. The summed E-state index contributed by atoms with van der Waals surface area (Å²) >= 11 is 0. The van der Waals surface area contributed by atoms with Gasteiger partial charge in [-0.1, -0.05) is 6.07 Å². The minimum absolute atomic E-state index is 0.343. The smallest absolute Gasteiger partial charge is 0.161 e. The SMILES string of the molecule is N#CCCC(O)c1ccc2c(c1)OCCCO2. The number of aliphatic hydroxyl groups is 1. The van der Waals surface area contributed by atoms with E-state index in [1.807, 2.05) is 18.2 Å². The molecule has 2 rings (SSSR count). The van der Waals surface area contributed by atoms with Gasteiger partial charge in [-0.15, -0.1) is 0 Å². The van der Waals surface area contributed by atoms with Crippen LogP contribution in [0.25, 0.3) is 0 Å². The molecule has 0 fully saturated rings. The molecule has 4 nitrogen and oxygen atoms in total. The monoisotopic (exact) mass is 233 g/mol. The first-order valence-electron chi connectivity index (χ1n) is 5.76. The van der Waals surface area contributed by atoms with Gasteiger partial charge >= 0.3 is 0 Å². The summed E-state index contributed by atoms with van der Waals surface area (Å²) in [6.07, 6.45) is 1.03. The van der Waals surface area contributed by atoms with Crippen molar-refractivity contribution in [1.82, 2.24) is 0 Å². The van der Waals surface area contributed by atoms with Crippen LogP contribution in [-0.4, -0.2) is 18.3 Å². The first-order chi connectivity index (χ1) is 8.31. The van der Waals surface area contributed by atoms with Crippen molar-refractivity contribution < 1.29 is 14.6 Å². The molecule has 1 N–H and O–H groups in total. The Morgan fingerprint density at radius 3 is 2.82 bits per heavy atom. The molecule has 1 unspecified atom stereocenters. The van der Waals surface area contributed by atoms with Crippen molar-refractivity contribution >= 4 is 0 Å². The highest BCUT2D eigenvalue weighted by molar-refractivity contribution is 5.44. The third kappa shape index (κ3) is 2.89. The second-order valence-electron chi connectivity index (χ2n) is 3.97. The highest BCUT2D eigenvalue weighted by Gasteiger charge is 2.14. The van der Waals surface area contributed by atoms with Gasteiger partial charge in [0.2, 0.25) is 0 Å². The lowest BCUT2D eigenvalue weighted by Crippen LogP contribution is -1.99. The summed E-state index contributed by atoms with van der Waals surface area (Å²) in [7, 11) is 0. The summed E-state index contributed by atoms with van der Waals surface area (Å²) in [5.41, 5.74) is 0.768. The number of hydrogen-bond donors (Lipinski definition) is 1. The Morgan fingerprint density at radius 2 is 2.06 bits per heavy atom. The molecule has 1 aliphatic rings. The standard InChI is InChI=1S/C13H15NO3/c14-6-1-3-11(15)10-4-5-12-13(9-10)17-8-2-7-16-12/h4-5,9,11,15H,1-3,7-8H2. The molecule has 0 aromatic heterocycles. The molecule has 17 heavy (non-hydrogen) atoms. The zero-order chi connectivity index (χ0) is 12.1. The molecular formula is C13H15NO3. The highest BCUT2D eigenvalue weighted by atomic mass is 16.5. The fourth-order valence-electron chi connectivity index (χ4n) is 1.76. The fraction of sp³-hybridized carbons (Fsp3) is 0.462. The van der Waals surface area contributed by atoms with E-state index in [9.17, 15) is 5.11 Å². The molecule has 1 atom stereocenters. The van der Waals surface area contributed by atoms with E-state index in [-0.39, 0.29) is 0 Å². The summed E-state index contributed by atoms with van der Waals surface area (Å²) in [5.74, 6) is 1.40. The van der Waals surface area contributed by atoms with Gasteiger partial charge in [0.15, 0.2) is 11.5 Å². The second kappa shape index (κ2) is 5.55. The van der Waals surface area contributed by atoms with Gasteiger partial charge in [0.05, 0.1) is 25.4 Å². The molecule has 1 aliphatic heterocycles. The number of nitriles is 1. The van der Waals surface area contributed by atoms with Crippen molar-refractivity contribution in [2.45, 2.75) is 25.4 Å². The number of aliphatic hydroxyl groups excluding tert-OH is 1. The lowest BCUT2D eigenvalue weighted by Gasteiger charge is -2.12. The number of nitrogens with zero attached hydrogens (tertiary/aromatic N) is 1. The van der Waals surface area contributed by atoms with E-state index < -0.39 is 6.10 Å². The van der Waals surface area contributed by atoms with Gasteiger partial charge < -0.3 is 14.6 Å². The predicted molar refractivity (Wildman–Crippen MR) is 61.9 cm³/mol. The molecule has 0 bridgehead atoms. The molecule has 0 saturated carbocycles. The van der Waals surface area contributed by atoms with Crippen LogP contribution in [0.1, 0.15) is 30.9 Å².